The van der Waals surface area contributed by atoms with E-state index in [0.29, 0.717) is 3.81 Å². The van der Waals surface area contributed by atoms with Gasteiger partial charge in [-0.15, -0.1) is 24.8 Å². The van der Waals surface area contributed by atoms with Crippen molar-refractivity contribution in [2.75, 3.05) is 0 Å². The summed E-state index contributed by atoms with van der Waals surface area (Å²) in [4.78, 5) is 0. The summed E-state index contributed by atoms with van der Waals surface area (Å²) >= 11 is -2.79. The fourth-order valence-corrected chi connectivity index (χ4v) is 20.2. The smallest absolute Gasteiger partial charge is 0.147 e. The monoisotopic (exact) mass is 451 g/mol. The van der Waals surface area contributed by atoms with E-state index in [0.717, 1.165) is 19.3 Å². The van der Waals surface area contributed by atoms with E-state index >= 15 is 0 Å². The van der Waals surface area contributed by atoms with Gasteiger partial charge in [0.15, 0.2) is 0 Å². The SMILES string of the molecule is C[CH]=[Zr]([C]1=CC=CC1)([C]1=CC=CC1)[CH](CC)O[Si](C)(C)C.Cl.Cl. The Bertz CT molecular complexity index is 534. The first-order valence-corrected chi connectivity index (χ1v) is 16.8. The maximum atomic E-state index is 6.73. The van der Waals surface area contributed by atoms with Crippen LogP contribution in [0.2, 0.25) is 19.6 Å². The van der Waals surface area contributed by atoms with Crippen molar-refractivity contribution in [3.05, 3.63) is 43.0 Å². The number of halogens is 2. The molecule has 0 aromatic rings. The Morgan fingerprint density at radius 1 is 1.09 bits per heavy atom. The predicted octanol–water partition coefficient (Wildman–Crippen LogP) is 6.08. The summed E-state index contributed by atoms with van der Waals surface area (Å²) in [5.74, 6) is 0. The summed E-state index contributed by atoms with van der Waals surface area (Å²) in [5.41, 5.74) is 0. The van der Waals surface area contributed by atoms with E-state index in [2.05, 4.69) is 73.7 Å². The van der Waals surface area contributed by atoms with E-state index in [9.17, 15) is 0 Å². The summed E-state index contributed by atoms with van der Waals surface area (Å²) in [6.45, 7) is 11.6. The molecule has 2 aliphatic rings. The van der Waals surface area contributed by atoms with Crippen LogP contribution in [0.4, 0.5) is 0 Å². The second-order valence-corrected chi connectivity index (χ2v) is 21.8. The van der Waals surface area contributed by atoms with Crippen LogP contribution in [0.5, 0.6) is 0 Å². The zero-order valence-corrected chi connectivity index (χ0v) is 20.1. The first-order valence-electron chi connectivity index (χ1n) is 8.14. The predicted molar refractivity (Wildman–Crippen MR) is 108 cm³/mol. The molecule has 2 aliphatic carbocycles. The molecule has 0 bridgehead atoms. The molecule has 1 nitrogen and oxygen atoms in total. The quantitative estimate of drug-likeness (QED) is 0.443. The Morgan fingerprint density at radius 2 is 1.57 bits per heavy atom. The zero-order chi connectivity index (χ0) is 15.5. The molecule has 23 heavy (non-hydrogen) atoms. The third kappa shape index (κ3) is 5.22. The van der Waals surface area contributed by atoms with E-state index in [1.807, 2.05) is 0 Å². The van der Waals surface area contributed by atoms with Crippen LogP contribution in [0, 0.1) is 0 Å². The van der Waals surface area contributed by atoms with Crippen molar-refractivity contribution in [2.24, 2.45) is 0 Å². The summed E-state index contributed by atoms with van der Waals surface area (Å²) in [6.07, 6.45) is 17.3. The average molecular weight is 454 g/mol. The molecule has 0 spiro atoms. The van der Waals surface area contributed by atoms with Crippen LogP contribution in [0.3, 0.4) is 0 Å². The number of hydrogen-bond donors (Lipinski definition) is 0. The van der Waals surface area contributed by atoms with Crippen molar-refractivity contribution < 1.29 is 24.2 Å². The fourth-order valence-electron chi connectivity index (χ4n) is 3.61. The number of rotatable bonds is 6. The molecule has 0 aromatic heterocycles. The van der Waals surface area contributed by atoms with Gasteiger partial charge >= 0.3 is 136 Å². The average Bonchev–Trinajstić information content (AvgIpc) is 3.11. The molecule has 0 saturated heterocycles. The van der Waals surface area contributed by atoms with Gasteiger partial charge in [0.2, 0.25) is 0 Å². The standard InChI is InChI=1S/C6H15OSi.2C5H5.C2H4.2ClH.Zr/c1-5-6-7-8(2,3)4;2*1-2-4-5-3-1;1-2;;;/h6H,5H2,1-4H3;2*1-3H,4H2;1H,2H3;2*1H;. The van der Waals surface area contributed by atoms with Crippen LogP contribution in [0.1, 0.15) is 33.1 Å². The Labute approximate surface area is 159 Å². The van der Waals surface area contributed by atoms with Crippen LogP contribution in [-0.2, 0) is 24.2 Å². The molecule has 0 N–H and O–H groups in total. The number of hydrogen-bond acceptors (Lipinski definition) is 1. The molecule has 0 amide bonds. The minimum Gasteiger partial charge on any atom is -0.147 e. The summed E-state index contributed by atoms with van der Waals surface area (Å²) in [7, 11) is -1.53. The van der Waals surface area contributed by atoms with Gasteiger partial charge in [-0.1, -0.05) is 0 Å². The Hall–Kier alpha value is 0.470. The minimum atomic E-state index is -2.79. The maximum Gasteiger partial charge on any atom is -0.147 e. The first kappa shape index (κ1) is 23.5. The van der Waals surface area contributed by atoms with Crippen molar-refractivity contribution in [1.29, 1.82) is 0 Å². The van der Waals surface area contributed by atoms with Gasteiger partial charge in [-0.25, -0.2) is 0 Å². The molecule has 0 heterocycles. The van der Waals surface area contributed by atoms with Crippen LogP contribution < -0.4 is 0 Å². The van der Waals surface area contributed by atoms with Crippen molar-refractivity contribution in [3.63, 3.8) is 0 Å². The summed E-state index contributed by atoms with van der Waals surface area (Å²) < 4.78 is 13.2. The van der Waals surface area contributed by atoms with Crippen LogP contribution in [0.15, 0.2) is 43.0 Å². The van der Waals surface area contributed by atoms with E-state index in [4.69, 9.17) is 4.43 Å². The van der Waals surface area contributed by atoms with Crippen LogP contribution in [-0.4, -0.2) is 15.8 Å². The molecule has 0 aliphatic heterocycles. The minimum absolute atomic E-state index is 0. The number of allylic oxidation sites excluding steroid dienone is 8. The third-order valence-corrected chi connectivity index (χ3v) is 19.1. The largest absolute Gasteiger partial charge is 0.147 e. The van der Waals surface area contributed by atoms with Gasteiger partial charge in [-0.05, 0) is 0 Å². The van der Waals surface area contributed by atoms with Gasteiger partial charge in [0.25, 0.3) is 0 Å². The van der Waals surface area contributed by atoms with Gasteiger partial charge in [0.1, 0.15) is 0 Å². The molecule has 1 unspecified atom stereocenters. The molecular formula is C18H31Cl2OSiZr. The second-order valence-electron chi connectivity index (χ2n) is 6.93. The molecular weight excluding hydrogens is 422 g/mol. The molecule has 131 valence electrons. The molecule has 1 atom stereocenters. The Balaban J connectivity index is 0.00000242. The van der Waals surface area contributed by atoms with Crippen molar-refractivity contribution in [2.45, 2.75) is 56.6 Å². The van der Waals surface area contributed by atoms with Crippen LogP contribution in [0.25, 0.3) is 0 Å². The van der Waals surface area contributed by atoms with E-state index < -0.39 is 28.1 Å². The fraction of sp³-hybridized carbons (Fsp3) is 0.500. The van der Waals surface area contributed by atoms with E-state index in [1.165, 1.54) is 0 Å². The molecule has 2 rings (SSSR count). The van der Waals surface area contributed by atoms with Gasteiger partial charge < -0.3 is 0 Å². The molecule has 0 aromatic carbocycles. The van der Waals surface area contributed by atoms with Gasteiger partial charge in [0.05, 0.1) is 0 Å². The van der Waals surface area contributed by atoms with E-state index in [-0.39, 0.29) is 24.8 Å². The molecule has 0 saturated carbocycles. The Morgan fingerprint density at radius 3 is 1.83 bits per heavy atom. The second kappa shape index (κ2) is 9.82. The summed E-state index contributed by atoms with van der Waals surface area (Å²) in [5, 5.41) is 0. The molecule has 0 fully saturated rings. The van der Waals surface area contributed by atoms with E-state index in [1.54, 1.807) is 6.56 Å². The Kier molecular flexibility index (Phi) is 10.0. The maximum absolute atomic E-state index is 6.73. The van der Waals surface area contributed by atoms with Crippen molar-refractivity contribution >= 4 is 36.8 Å². The first-order chi connectivity index (χ1) is 9.94. The third-order valence-electron chi connectivity index (χ3n) is 4.44. The van der Waals surface area contributed by atoms with Gasteiger partial charge in [0, 0.05) is 0 Å². The van der Waals surface area contributed by atoms with Gasteiger partial charge in [-0.3, -0.25) is 0 Å². The zero-order valence-electron chi connectivity index (χ0n) is 15.0. The van der Waals surface area contributed by atoms with Gasteiger partial charge in [-0.2, -0.15) is 0 Å². The molecule has 0 radical (unpaired) electrons. The van der Waals surface area contributed by atoms with Crippen LogP contribution >= 0.6 is 24.8 Å². The van der Waals surface area contributed by atoms with Crippen molar-refractivity contribution in [1.82, 2.24) is 0 Å². The summed E-state index contributed by atoms with van der Waals surface area (Å²) in [6, 6.07) is 0. The topological polar surface area (TPSA) is 9.23 Å². The molecule has 5 heteroatoms. The normalized spacial score (nSPS) is 18.0. The van der Waals surface area contributed by atoms with Crippen molar-refractivity contribution in [3.8, 4) is 0 Å².